The van der Waals surface area contributed by atoms with Crippen molar-refractivity contribution in [2.45, 2.75) is 39.2 Å². The largest absolute Gasteiger partial charge is 0.272 e. The lowest BCUT2D eigenvalue weighted by atomic mass is 9.85. The molecule has 12 heavy (non-hydrogen) atoms. The van der Waals surface area contributed by atoms with E-state index in [0.29, 0.717) is 0 Å². The molecule has 2 heteroatoms. The van der Waals surface area contributed by atoms with Crippen molar-refractivity contribution in [2.24, 2.45) is 5.92 Å². The highest BCUT2D eigenvalue weighted by atomic mass is 15.3. The van der Waals surface area contributed by atoms with E-state index in [4.69, 9.17) is 0 Å². The molecule has 1 fully saturated rings. The van der Waals surface area contributed by atoms with E-state index in [1.165, 1.54) is 24.8 Å². The minimum atomic E-state index is 0.912. The first-order valence-electron chi connectivity index (χ1n) is 4.90. The molecule has 0 spiro atoms. The van der Waals surface area contributed by atoms with Gasteiger partial charge in [0.25, 0.3) is 0 Å². The molecule has 1 heterocycles. The van der Waals surface area contributed by atoms with E-state index in [2.05, 4.69) is 22.9 Å². The molecule has 0 aromatic carbocycles. The molecule has 1 aliphatic rings. The molecule has 0 radical (unpaired) electrons. The van der Waals surface area contributed by atoms with Crippen LogP contribution < -0.4 is 0 Å². The summed E-state index contributed by atoms with van der Waals surface area (Å²) in [4.78, 5) is 0. The highest BCUT2D eigenvalue weighted by Gasteiger charge is 2.17. The second-order valence-electron chi connectivity index (χ2n) is 3.72. The summed E-state index contributed by atoms with van der Waals surface area (Å²) in [5.74, 6) is 0.912. The van der Waals surface area contributed by atoms with Gasteiger partial charge in [-0.05, 0) is 30.7 Å². The van der Waals surface area contributed by atoms with Gasteiger partial charge >= 0.3 is 0 Å². The van der Waals surface area contributed by atoms with E-state index in [1.54, 1.807) is 0 Å². The van der Waals surface area contributed by atoms with Crippen LogP contribution in [0.1, 0.15) is 31.7 Å². The average Bonchev–Trinajstić information content (AvgIpc) is 2.44. The van der Waals surface area contributed by atoms with Gasteiger partial charge in [-0.25, -0.2) is 0 Å². The van der Waals surface area contributed by atoms with Gasteiger partial charge in [-0.2, -0.15) is 5.10 Å². The Hall–Kier alpha value is -0.790. The summed E-state index contributed by atoms with van der Waals surface area (Å²) in [5, 5.41) is 4.33. The van der Waals surface area contributed by atoms with Gasteiger partial charge in [0.1, 0.15) is 0 Å². The molecule has 2 rings (SSSR count). The minimum Gasteiger partial charge on any atom is -0.272 e. The number of rotatable bonds is 3. The van der Waals surface area contributed by atoms with Crippen LogP contribution in [0.4, 0.5) is 0 Å². The topological polar surface area (TPSA) is 17.8 Å². The Morgan fingerprint density at radius 2 is 2.42 bits per heavy atom. The zero-order valence-electron chi connectivity index (χ0n) is 7.66. The molecule has 1 aliphatic carbocycles. The third kappa shape index (κ3) is 1.52. The molecule has 1 aromatic heterocycles. The van der Waals surface area contributed by atoms with Crippen molar-refractivity contribution in [3.05, 3.63) is 18.0 Å². The smallest absolute Gasteiger partial charge is 0.0521 e. The molecule has 1 saturated carbocycles. The van der Waals surface area contributed by atoms with Crippen LogP contribution in [0.2, 0.25) is 0 Å². The van der Waals surface area contributed by atoms with Gasteiger partial charge in [0.05, 0.1) is 6.20 Å². The fraction of sp³-hybridized carbons (Fsp3) is 0.700. The van der Waals surface area contributed by atoms with Crippen molar-refractivity contribution in [1.29, 1.82) is 0 Å². The zero-order chi connectivity index (χ0) is 8.39. The molecular formula is C10H16N2. The van der Waals surface area contributed by atoms with Gasteiger partial charge in [0.2, 0.25) is 0 Å². The van der Waals surface area contributed by atoms with Gasteiger partial charge in [-0.3, -0.25) is 4.68 Å². The first-order valence-corrected chi connectivity index (χ1v) is 4.90. The van der Waals surface area contributed by atoms with Gasteiger partial charge in [0, 0.05) is 12.7 Å². The maximum atomic E-state index is 4.33. The molecule has 2 nitrogen and oxygen atoms in total. The summed E-state index contributed by atoms with van der Waals surface area (Å²) in [6, 6.07) is 0. The van der Waals surface area contributed by atoms with Crippen molar-refractivity contribution >= 4 is 0 Å². The monoisotopic (exact) mass is 164 g/mol. The first kappa shape index (κ1) is 7.84. The van der Waals surface area contributed by atoms with E-state index >= 15 is 0 Å². The molecule has 1 aromatic rings. The van der Waals surface area contributed by atoms with Gasteiger partial charge in [-0.1, -0.05) is 13.3 Å². The molecular weight excluding hydrogens is 148 g/mol. The second-order valence-corrected chi connectivity index (χ2v) is 3.72. The zero-order valence-corrected chi connectivity index (χ0v) is 7.66. The molecule has 0 aliphatic heterocycles. The summed E-state index contributed by atoms with van der Waals surface area (Å²) in [5.41, 5.74) is 1.36. The lowest BCUT2D eigenvalue weighted by molar-refractivity contribution is 0.266. The Balaban J connectivity index is 1.93. The summed E-state index contributed by atoms with van der Waals surface area (Å²) in [6.07, 6.45) is 9.50. The molecule has 0 amide bonds. The van der Waals surface area contributed by atoms with Crippen LogP contribution in [0.25, 0.3) is 0 Å². The normalized spacial score (nSPS) is 17.8. The summed E-state index contributed by atoms with van der Waals surface area (Å²) >= 11 is 0. The van der Waals surface area contributed by atoms with Crippen molar-refractivity contribution < 1.29 is 0 Å². The Labute approximate surface area is 73.6 Å². The van der Waals surface area contributed by atoms with Crippen LogP contribution in [0, 0.1) is 5.92 Å². The minimum absolute atomic E-state index is 0.912. The van der Waals surface area contributed by atoms with Crippen LogP contribution in [0.15, 0.2) is 12.4 Å². The lowest BCUT2D eigenvalue weighted by Crippen LogP contribution is -2.18. The average molecular weight is 164 g/mol. The SMILES string of the molecule is CCc1cnn(CC2CCC2)c1. The Kier molecular flexibility index (Phi) is 2.15. The maximum absolute atomic E-state index is 4.33. The van der Waals surface area contributed by atoms with Crippen LogP contribution in [0.3, 0.4) is 0 Å². The highest BCUT2D eigenvalue weighted by Crippen LogP contribution is 2.27. The van der Waals surface area contributed by atoms with Crippen LogP contribution in [-0.4, -0.2) is 9.78 Å². The van der Waals surface area contributed by atoms with Crippen LogP contribution >= 0.6 is 0 Å². The molecule has 0 saturated heterocycles. The maximum Gasteiger partial charge on any atom is 0.0521 e. The molecule has 0 N–H and O–H groups in total. The summed E-state index contributed by atoms with van der Waals surface area (Å²) in [7, 11) is 0. The molecule has 66 valence electrons. The highest BCUT2D eigenvalue weighted by molar-refractivity contribution is 5.02. The van der Waals surface area contributed by atoms with Crippen molar-refractivity contribution in [2.75, 3.05) is 0 Å². The van der Waals surface area contributed by atoms with E-state index in [-0.39, 0.29) is 0 Å². The Morgan fingerprint density at radius 1 is 1.58 bits per heavy atom. The first-order chi connectivity index (χ1) is 5.88. The predicted octanol–water partition coefficient (Wildman–Crippen LogP) is 2.25. The number of nitrogens with zero attached hydrogens (tertiary/aromatic N) is 2. The number of hydrogen-bond donors (Lipinski definition) is 0. The summed E-state index contributed by atoms with van der Waals surface area (Å²) in [6.45, 7) is 3.31. The van der Waals surface area contributed by atoms with E-state index in [0.717, 1.165) is 18.9 Å². The predicted molar refractivity (Wildman–Crippen MR) is 48.9 cm³/mol. The quantitative estimate of drug-likeness (QED) is 0.670. The van der Waals surface area contributed by atoms with Gasteiger partial charge in [0.15, 0.2) is 0 Å². The Bertz CT molecular complexity index is 248. The van der Waals surface area contributed by atoms with Gasteiger partial charge < -0.3 is 0 Å². The molecule has 0 bridgehead atoms. The molecule has 0 atom stereocenters. The fourth-order valence-corrected chi connectivity index (χ4v) is 1.63. The van der Waals surface area contributed by atoms with Crippen molar-refractivity contribution in [3.8, 4) is 0 Å². The summed E-state index contributed by atoms with van der Waals surface area (Å²) < 4.78 is 2.10. The second kappa shape index (κ2) is 3.30. The number of aromatic nitrogens is 2. The van der Waals surface area contributed by atoms with Crippen molar-refractivity contribution in [3.63, 3.8) is 0 Å². The number of aryl methyl sites for hydroxylation is 1. The third-order valence-corrected chi connectivity index (χ3v) is 2.76. The lowest BCUT2D eigenvalue weighted by Gasteiger charge is -2.24. The third-order valence-electron chi connectivity index (χ3n) is 2.76. The van der Waals surface area contributed by atoms with Gasteiger partial charge in [-0.15, -0.1) is 0 Å². The molecule has 0 unspecified atom stereocenters. The van der Waals surface area contributed by atoms with Crippen molar-refractivity contribution in [1.82, 2.24) is 9.78 Å². The van der Waals surface area contributed by atoms with Crippen LogP contribution in [0.5, 0.6) is 0 Å². The van der Waals surface area contributed by atoms with Crippen LogP contribution in [-0.2, 0) is 13.0 Å². The van der Waals surface area contributed by atoms with E-state index in [1.807, 2.05) is 6.20 Å². The Morgan fingerprint density at radius 3 is 2.92 bits per heavy atom. The standard InChI is InChI=1S/C10H16N2/c1-2-9-6-11-12(7-9)8-10-4-3-5-10/h6-7,10H,2-5,8H2,1H3. The van der Waals surface area contributed by atoms with E-state index in [9.17, 15) is 0 Å². The fourth-order valence-electron chi connectivity index (χ4n) is 1.63. The van der Waals surface area contributed by atoms with E-state index < -0.39 is 0 Å². The number of hydrogen-bond acceptors (Lipinski definition) is 1.